The lowest BCUT2D eigenvalue weighted by molar-refractivity contribution is 0.0951. The number of nitrogens with one attached hydrogen (secondary N) is 2. The Labute approximate surface area is 187 Å². The third-order valence-electron chi connectivity index (χ3n) is 5.14. The summed E-state index contributed by atoms with van der Waals surface area (Å²) in [6, 6.07) is 11.6. The average molecular weight is 430 g/mol. The first-order chi connectivity index (χ1) is 15.6. The van der Waals surface area contributed by atoms with Crippen LogP contribution >= 0.6 is 0 Å². The van der Waals surface area contributed by atoms with Crippen molar-refractivity contribution in [2.24, 2.45) is 0 Å². The smallest absolute Gasteiger partial charge is 0.251 e. The van der Waals surface area contributed by atoms with Gasteiger partial charge in [-0.05, 0) is 44.3 Å². The van der Waals surface area contributed by atoms with E-state index in [0.29, 0.717) is 12.1 Å². The number of hydrogen-bond acceptors (Lipinski definition) is 6. The van der Waals surface area contributed by atoms with Gasteiger partial charge in [-0.1, -0.05) is 18.2 Å². The van der Waals surface area contributed by atoms with E-state index in [-0.39, 0.29) is 5.91 Å². The number of imidazole rings is 1. The van der Waals surface area contributed by atoms with Crippen LogP contribution in [0.4, 0.5) is 5.82 Å². The minimum absolute atomic E-state index is 0.0687. The maximum absolute atomic E-state index is 12.3. The summed E-state index contributed by atoms with van der Waals surface area (Å²) < 4.78 is 2.01. The zero-order valence-electron chi connectivity index (χ0n) is 18.3. The van der Waals surface area contributed by atoms with Crippen molar-refractivity contribution in [3.8, 4) is 11.3 Å². The highest BCUT2D eigenvalue weighted by molar-refractivity contribution is 5.94. The summed E-state index contributed by atoms with van der Waals surface area (Å²) in [6.45, 7) is 2.15. The maximum Gasteiger partial charge on any atom is 0.251 e. The third kappa shape index (κ3) is 5.09. The summed E-state index contributed by atoms with van der Waals surface area (Å²) in [7, 11) is 3.96. The highest BCUT2D eigenvalue weighted by Crippen LogP contribution is 2.23. The first kappa shape index (κ1) is 21.5. The summed E-state index contributed by atoms with van der Waals surface area (Å²) in [4.78, 5) is 27.5. The van der Waals surface area contributed by atoms with E-state index in [0.717, 1.165) is 42.2 Å². The molecule has 0 atom stereocenters. The molecule has 0 aliphatic heterocycles. The second kappa shape index (κ2) is 10.0. The van der Waals surface area contributed by atoms with Crippen LogP contribution in [0.25, 0.3) is 16.9 Å². The van der Waals surface area contributed by atoms with Crippen molar-refractivity contribution in [1.82, 2.24) is 29.6 Å². The molecule has 0 saturated carbocycles. The van der Waals surface area contributed by atoms with Crippen molar-refractivity contribution in [2.75, 3.05) is 39.0 Å². The largest absolute Gasteiger partial charge is 0.367 e. The molecule has 8 nitrogen and oxygen atoms in total. The Morgan fingerprint density at radius 3 is 2.62 bits per heavy atom. The number of anilines is 1. The van der Waals surface area contributed by atoms with Crippen LogP contribution in [-0.2, 0) is 6.42 Å². The lowest BCUT2D eigenvalue weighted by Gasteiger charge is -2.11. The molecule has 0 bridgehead atoms. The van der Waals surface area contributed by atoms with Gasteiger partial charge in [-0.15, -0.1) is 0 Å². The lowest BCUT2D eigenvalue weighted by atomic mass is 10.1. The van der Waals surface area contributed by atoms with Gasteiger partial charge in [-0.2, -0.15) is 0 Å². The topological polar surface area (TPSA) is 87.5 Å². The lowest BCUT2D eigenvalue weighted by Crippen LogP contribution is -2.31. The molecule has 0 spiro atoms. The fourth-order valence-corrected chi connectivity index (χ4v) is 3.42. The molecule has 0 aliphatic carbocycles. The third-order valence-corrected chi connectivity index (χ3v) is 5.14. The number of pyridine rings is 1. The van der Waals surface area contributed by atoms with Gasteiger partial charge in [-0.25, -0.2) is 9.97 Å². The molecule has 4 rings (SSSR count). The first-order valence-corrected chi connectivity index (χ1v) is 10.6. The minimum atomic E-state index is -0.0687. The molecular weight excluding hydrogens is 402 g/mol. The highest BCUT2D eigenvalue weighted by atomic mass is 16.1. The van der Waals surface area contributed by atoms with E-state index in [1.807, 2.05) is 72.3 Å². The fourth-order valence-electron chi connectivity index (χ4n) is 3.42. The van der Waals surface area contributed by atoms with E-state index in [4.69, 9.17) is 0 Å². The SMILES string of the molecule is CN(C)CCNC(=O)c1ccc(-c2cnc3c(NCCc4cccnc4)nccn23)cc1. The molecule has 164 valence electrons. The summed E-state index contributed by atoms with van der Waals surface area (Å²) in [6.07, 6.45) is 9.98. The van der Waals surface area contributed by atoms with E-state index in [9.17, 15) is 4.79 Å². The summed E-state index contributed by atoms with van der Waals surface area (Å²) in [5.74, 6) is 0.667. The molecule has 1 amide bonds. The Bertz CT molecular complexity index is 1170. The van der Waals surface area contributed by atoms with E-state index in [2.05, 4.69) is 31.7 Å². The average Bonchev–Trinajstić information content (AvgIpc) is 3.25. The molecular formula is C24H27N7O. The standard InChI is InChI=1S/C24H27N7O/c1-30(2)14-12-28-24(32)20-7-5-19(6-8-20)21-17-29-23-22(27-13-15-31(21)23)26-11-9-18-4-3-10-25-16-18/h3-8,10,13,15-17H,9,11-12,14H2,1-2H3,(H,26,27)(H,28,32). The van der Waals surface area contributed by atoms with Gasteiger partial charge >= 0.3 is 0 Å². The number of likely N-dealkylation sites (N-methyl/N-ethyl adjacent to an activating group) is 1. The number of amides is 1. The van der Waals surface area contributed by atoms with Crippen molar-refractivity contribution in [1.29, 1.82) is 0 Å². The summed E-state index contributed by atoms with van der Waals surface area (Å²) in [5, 5.41) is 6.31. The highest BCUT2D eigenvalue weighted by Gasteiger charge is 2.11. The van der Waals surface area contributed by atoms with E-state index in [1.54, 1.807) is 12.4 Å². The Balaban J connectivity index is 1.45. The van der Waals surface area contributed by atoms with Gasteiger partial charge in [-0.3, -0.25) is 14.2 Å². The maximum atomic E-state index is 12.3. The molecule has 1 aromatic carbocycles. The Kier molecular flexibility index (Phi) is 6.72. The van der Waals surface area contributed by atoms with Gasteiger partial charge in [0.2, 0.25) is 0 Å². The van der Waals surface area contributed by atoms with E-state index < -0.39 is 0 Å². The molecule has 0 unspecified atom stereocenters. The number of nitrogens with zero attached hydrogens (tertiary/aromatic N) is 5. The van der Waals surface area contributed by atoms with Gasteiger partial charge in [0.1, 0.15) is 0 Å². The Hall–Kier alpha value is -3.78. The summed E-state index contributed by atoms with van der Waals surface area (Å²) in [5.41, 5.74) is 4.49. The number of hydrogen-bond donors (Lipinski definition) is 2. The van der Waals surface area contributed by atoms with E-state index in [1.165, 1.54) is 5.56 Å². The molecule has 0 fully saturated rings. The molecule has 3 aromatic heterocycles. The number of carbonyl (C=O) groups is 1. The van der Waals surface area contributed by atoms with Gasteiger partial charge in [0.25, 0.3) is 5.91 Å². The van der Waals surface area contributed by atoms with Crippen LogP contribution in [0.2, 0.25) is 0 Å². The Morgan fingerprint density at radius 2 is 1.88 bits per heavy atom. The van der Waals surface area contributed by atoms with Crippen LogP contribution in [0.3, 0.4) is 0 Å². The molecule has 0 aliphatic rings. The number of benzene rings is 1. The predicted octanol–water partition coefficient (Wildman–Crippen LogP) is 2.74. The van der Waals surface area contributed by atoms with Gasteiger partial charge in [0, 0.05) is 55.5 Å². The van der Waals surface area contributed by atoms with Crippen molar-refractivity contribution in [2.45, 2.75) is 6.42 Å². The van der Waals surface area contributed by atoms with E-state index >= 15 is 0 Å². The molecule has 3 heterocycles. The molecule has 32 heavy (non-hydrogen) atoms. The first-order valence-electron chi connectivity index (χ1n) is 10.6. The molecule has 0 radical (unpaired) electrons. The van der Waals surface area contributed by atoms with Crippen LogP contribution in [-0.4, -0.2) is 63.9 Å². The van der Waals surface area contributed by atoms with Crippen LogP contribution in [0.5, 0.6) is 0 Å². The van der Waals surface area contributed by atoms with Crippen molar-refractivity contribution in [3.63, 3.8) is 0 Å². The van der Waals surface area contributed by atoms with Crippen molar-refractivity contribution in [3.05, 3.63) is 78.5 Å². The number of fused-ring (bicyclic) bond motifs is 1. The van der Waals surface area contributed by atoms with Crippen molar-refractivity contribution < 1.29 is 4.79 Å². The van der Waals surface area contributed by atoms with Gasteiger partial charge in [0.05, 0.1) is 11.9 Å². The van der Waals surface area contributed by atoms with Crippen LogP contribution in [0.1, 0.15) is 15.9 Å². The predicted molar refractivity (Wildman–Crippen MR) is 126 cm³/mol. The molecule has 0 saturated heterocycles. The monoisotopic (exact) mass is 429 g/mol. The van der Waals surface area contributed by atoms with Gasteiger partial charge in [0.15, 0.2) is 11.5 Å². The minimum Gasteiger partial charge on any atom is -0.367 e. The number of rotatable bonds is 9. The Morgan fingerprint density at radius 1 is 1.03 bits per heavy atom. The number of carbonyl (C=O) groups excluding carboxylic acids is 1. The summed E-state index contributed by atoms with van der Waals surface area (Å²) >= 11 is 0. The fraction of sp³-hybridized carbons (Fsp3) is 0.250. The zero-order chi connectivity index (χ0) is 22.3. The molecule has 4 aromatic rings. The number of aromatic nitrogens is 4. The zero-order valence-corrected chi connectivity index (χ0v) is 18.3. The molecule has 2 N–H and O–H groups in total. The second-order valence-electron chi connectivity index (χ2n) is 7.79. The normalized spacial score (nSPS) is 11.1. The quantitative estimate of drug-likeness (QED) is 0.425. The second-order valence-corrected chi connectivity index (χ2v) is 7.79. The van der Waals surface area contributed by atoms with Crippen LogP contribution in [0.15, 0.2) is 67.4 Å². The van der Waals surface area contributed by atoms with Crippen LogP contribution in [0, 0.1) is 0 Å². The molecule has 8 heteroatoms. The van der Waals surface area contributed by atoms with Crippen molar-refractivity contribution >= 4 is 17.4 Å². The van der Waals surface area contributed by atoms with Crippen LogP contribution < -0.4 is 10.6 Å². The van der Waals surface area contributed by atoms with Gasteiger partial charge < -0.3 is 15.5 Å².